The second kappa shape index (κ2) is 4.48. The van der Waals surface area contributed by atoms with Gasteiger partial charge >= 0.3 is 6.36 Å². The van der Waals surface area contributed by atoms with Crippen molar-refractivity contribution in [1.82, 2.24) is 9.97 Å². The predicted octanol–water partition coefficient (Wildman–Crippen LogP) is 3.57. The number of nitrogens with one attached hydrogen (secondary N) is 1. The molecule has 1 aromatic heterocycles. The smallest absolute Gasteiger partial charge is 0.405 e. The number of aromatic nitrogens is 2. The van der Waals surface area contributed by atoms with Crippen LogP contribution in [-0.4, -0.2) is 22.1 Å². The minimum absolute atomic E-state index is 0.193. The summed E-state index contributed by atoms with van der Waals surface area (Å²) in [6, 6.07) is 2.90. The van der Waals surface area contributed by atoms with E-state index < -0.39 is 6.36 Å². The molecule has 0 amide bonds. The third kappa shape index (κ3) is 2.85. The molecule has 0 bridgehead atoms. The van der Waals surface area contributed by atoms with Crippen molar-refractivity contribution in [3.63, 3.8) is 0 Å². The molecule has 0 saturated carbocycles. The van der Waals surface area contributed by atoms with E-state index in [1.54, 1.807) is 6.07 Å². The minimum Gasteiger partial charge on any atom is -0.405 e. The van der Waals surface area contributed by atoms with Crippen LogP contribution in [0.3, 0.4) is 0 Å². The van der Waals surface area contributed by atoms with E-state index in [0.29, 0.717) is 21.7 Å². The normalized spacial score (nSPS) is 12.0. The van der Waals surface area contributed by atoms with E-state index >= 15 is 0 Å². The summed E-state index contributed by atoms with van der Waals surface area (Å²) in [5.41, 5.74) is 1.14. The molecule has 0 aliphatic heterocycles. The Balaban J connectivity index is 2.45. The van der Waals surface area contributed by atoms with E-state index in [-0.39, 0.29) is 5.75 Å². The molecule has 0 radical (unpaired) electrons. The van der Waals surface area contributed by atoms with Gasteiger partial charge < -0.3 is 9.72 Å². The molecular weight excluding hydrogens is 253 g/mol. The average Bonchev–Trinajstić information content (AvgIpc) is 2.63. The van der Waals surface area contributed by atoms with Gasteiger partial charge in [-0.05, 0) is 11.8 Å². The summed E-state index contributed by atoms with van der Waals surface area (Å²) in [4.78, 5) is 7.18. The number of rotatable bonds is 3. The molecule has 7 heteroatoms. The first-order chi connectivity index (χ1) is 7.99. The van der Waals surface area contributed by atoms with Gasteiger partial charge in [-0.1, -0.05) is 6.92 Å². The van der Waals surface area contributed by atoms with Crippen molar-refractivity contribution in [3.8, 4) is 5.75 Å². The lowest BCUT2D eigenvalue weighted by Crippen LogP contribution is -2.17. The summed E-state index contributed by atoms with van der Waals surface area (Å²) in [5.74, 6) is 0.463. The largest absolute Gasteiger partial charge is 0.573 e. The highest BCUT2D eigenvalue weighted by molar-refractivity contribution is 7.99. The molecule has 92 valence electrons. The van der Waals surface area contributed by atoms with Crippen molar-refractivity contribution in [3.05, 3.63) is 18.5 Å². The molecule has 2 rings (SSSR count). The summed E-state index contributed by atoms with van der Waals surface area (Å²) in [6.45, 7) is 1.86. The first-order valence-corrected chi connectivity index (χ1v) is 5.84. The van der Waals surface area contributed by atoms with Crippen LogP contribution < -0.4 is 4.74 Å². The molecule has 0 aliphatic rings. The maximum atomic E-state index is 12.2. The monoisotopic (exact) mass is 262 g/mol. The lowest BCUT2D eigenvalue weighted by Gasteiger charge is -2.12. The number of aromatic amines is 1. The first kappa shape index (κ1) is 12.1. The first-order valence-electron chi connectivity index (χ1n) is 4.85. The van der Waals surface area contributed by atoms with Crippen molar-refractivity contribution in [1.29, 1.82) is 0 Å². The second-order valence-electron chi connectivity index (χ2n) is 3.20. The van der Waals surface area contributed by atoms with Crippen LogP contribution in [0.25, 0.3) is 11.0 Å². The van der Waals surface area contributed by atoms with Gasteiger partial charge in [0.15, 0.2) is 0 Å². The topological polar surface area (TPSA) is 37.9 Å². The summed E-state index contributed by atoms with van der Waals surface area (Å²) < 4.78 is 40.7. The molecular formula is C10H9F3N2OS. The van der Waals surface area contributed by atoms with Crippen LogP contribution in [0.1, 0.15) is 6.92 Å². The minimum atomic E-state index is -4.68. The van der Waals surface area contributed by atoms with Crippen LogP contribution in [0.15, 0.2) is 23.4 Å². The Morgan fingerprint density at radius 3 is 2.82 bits per heavy atom. The van der Waals surface area contributed by atoms with Crippen molar-refractivity contribution < 1.29 is 17.9 Å². The van der Waals surface area contributed by atoms with Gasteiger partial charge in [-0.2, -0.15) is 0 Å². The molecule has 1 N–H and O–H groups in total. The molecule has 0 fully saturated rings. The Hall–Kier alpha value is -1.37. The fraction of sp³-hybridized carbons (Fsp3) is 0.300. The molecule has 3 nitrogen and oxygen atoms in total. The van der Waals surface area contributed by atoms with E-state index in [1.807, 2.05) is 6.92 Å². The van der Waals surface area contributed by atoms with Gasteiger partial charge in [0.25, 0.3) is 0 Å². The van der Waals surface area contributed by atoms with Crippen LogP contribution in [0.5, 0.6) is 5.75 Å². The molecule has 0 saturated heterocycles. The van der Waals surface area contributed by atoms with E-state index in [9.17, 15) is 13.2 Å². The molecule has 0 atom stereocenters. The zero-order chi connectivity index (χ0) is 12.5. The SMILES string of the molecule is CCSc1cc2nc[nH]c2cc1OC(F)(F)F. The number of hydrogen-bond donors (Lipinski definition) is 1. The Morgan fingerprint density at radius 1 is 1.41 bits per heavy atom. The number of halogens is 3. The number of ether oxygens (including phenoxy) is 1. The van der Waals surface area contributed by atoms with Crippen molar-refractivity contribution in [2.24, 2.45) is 0 Å². The zero-order valence-corrected chi connectivity index (χ0v) is 9.65. The highest BCUT2D eigenvalue weighted by Crippen LogP contribution is 2.35. The highest BCUT2D eigenvalue weighted by Gasteiger charge is 2.32. The molecule has 0 unspecified atom stereocenters. The number of nitrogens with zero attached hydrogens (tertiary/aromatic N) is 1. The molecule has 0 aliphatic carbocycles. The maximum Gasteiger partial charge on any atom is 0.573 e. The zero-order valence-electron chi connectivity index (χ0n) is 8.84. The summed E-state index contributed by atoms with van der Waals surface area (Å²) >= 11 is 1.28. The number of hydrogen-bond acceptors (Lipinski definition) is 3. The Morgan fingerprint density at radius 2 is 2.18 bits per heavy atom. The van der Waals surface area contributed by atoms with Gasteiger partial charge in [-0.25, -0.2) is 4.98 Å². The number of fused-ring (bicyclic) bond motifs is 1. The standard InChI is InChI=1S/C10H9F3N2OS/c1-2-17-9-4-7-6(14-5-15-7)3-8(9)16-10(11,12)13/h3-5H,2H2,1H3,(H,14,15). The number of alkyl halides is 3. The van der Waals surface area contributed by atoms with Gasteiger partial charge in [0.05, 0.1) is 22.3 Å². The van der Waals surface area contributed by atoms with Crippen molar-refractivity contribution >= 4 is 22.8 Å². The summed E-state index contributed by atoms with van der Waals surface area (Å²) in [5, 5.41) is 0. The third-order valence-corrected chi connectivity index (χ3v) is 2.93. The summed E-state index contributed by atoms with van der Waals surface area (Å²) in [6.07, 6.45) is -3.25. The molecule has 17 heavy (non-hydrogen) atoms. The van der Waals surface area contributed by atoms with Gasteiger partial charge in [-0.3, -0.25) is 0 Å². The Kier molecular flexibility index (Phi) is 3.19. The van der Waals surface area contributed by atoms with Crippen LogP contribution in [0.4, 0.5) is 13.2 Å². The predicted molar refractivity (Wildman–Crippen MR) is 59.2 cm³/mol. The summed E-state index contributed by atoms with van der Waals surface area (Å²) in [7, 11) is 0. The Labute approximate surface area is 99.4 Å². The average molecular weight is 262 g/mol. The number of imidazole rings is 1. The fourth-order valence-corrected chi connectivity index (χ4v) is 2.16. The lowest BCUT2D eigenvalue weighted by atomic mass is 10.3. The van der Waals surface area contributed by atoms with Gasteiger partial charge in [-0.15, -0.1) is 24.9 Å². The van der Waals surface area contributed by atoms with Crippen LogP contribution >= 0.6 is 11.8 Å². The molecule has 0 spiro atoms. The molecule has 1 heterocycles. The van der Waals surface area contributed by atoms with E-state index in [2.05, 4.69) is 14.7 Å². The third-order valence-electron chi connectivity index (χ3n) is 2.01. The quantitative estimate of drug-likeness (QED) is 0.859. The van der Waals surface area contributed by atoms with E-state index in [0.717, 1.165) is 0 Å². The van der Waals surface area contributed by atoms with E-state index in [4.69, 9.17) is 0 Å². The Bertz CT molecular complexity index is 524. The van der Waals surface area contributed by atoms with E-state index in [1.165, 1.54) is 24.2 Å². The highest BCUT2D eigenvalue weighted by atomic mass is 32.2. The number of benzene rings is 1. The molecule has 1 aromatic carbocycles. The molecule has 2 aromatic rings. The van der Waals surface area contributed by atoms with Gasteiger partial charge in [0.2, 0.25) is 0 Å². The number of H-pyrrole nitrogens is 1. The second-order valence-corrected chi connectivity index (χ2v) is 4.51. The van der Waals surface area contributed by atoms with Gasteiger partial charge in [0.1, 0.15) is 5.75 Å². The van der Waals surface area contributed by atoms with Crippen LogP contribution in [-0.2, 0) is 0 Å². The van der Waals surface area contributed by atoms with Crippen molar-refractivity contribution in [2.45, 2.75) is 18.2 Å². The van der Waals surface area contributed by atoms with Crippen LogP contribution in [0, 0.1) is 0 Å². The fourth-order valence-electron chi connectivity index (χ4n) is 1.42. The van der Waals surface area contributed by atoms with Crippen LogP contribution in [0.2, 0.25) is 0 Å². The lowest BCUT2D eigenvalue weighted by molar-refractivity contribution is -0.275. The van der Waals surface area contributed by atoms with Crippen molar-refractivity contribution in [2.75, 3.05) is 5.75 Å². The number of thioether (sulfide) groups is 1. The maximum absolute atomic E-state index is 12.2. The van der Waals surface area contributed by atoms with Gasteiger partial charge in [0, 0.05) is 6.07 Å².